The minimum atomic E-state index is -1.18. The molecular formula is C10H11NO3S. The largest absolute Gasteiger partial charge is 0.394 e. The molecule has 1 rings (SSSR count). The van der Waals surface area contributed by atoms with Crippen molar-refractivity contribution < 1.29 is 15.3 Å². The van der Waals surface area contributed by atoms with Gasteiger partial charge in [0.05, 0.1) is 17.5 Å². The van der Waals surface area contributed by atoms with Gasteiger partial charge in [-0.05, 0) is 29.9 Å². The standard InChI is InChI=1S/C10H11NO3S/c12-5-9(13)10(14)7-1-3-8(4-2-7)11-6-15/h1-4,9-10,12-14H,5H2. The molecule has 0 amide bonds. The summed E-state index contributed by atoms with van der Waals surface area (Å²) in [6, 6.07) is 6.49. The normalized spacial score (nSPS) is 14.1. The molecule has 0 spiro atoms. The molecule has 0 aliphatic rings. The monoisotopic (exact) mass is 225 g/mol. The van der Waals surface area contributed by atoms with Gasteiger partial charge in [0.15, 0.2) is 0 Å². The van der Waals surface area contributed by atoms with Crippen LogP contribution in [0.4, 0.5) is 5.69 Å². The quantitative estimate of drug-likeness (QED) is 0.523. The number of aliphatic hydroxyl groups excluding tert-OH is 3. The van der Waals surface area contributed by atoms with E-state index in [1.165, 1.54) is 0 Å². The van der Waals surface area contributed by atoms with Gasteiger partial charge in [-0.1, -0.05) is 12.1 Å². The Hall–Kier alpha value is -1.10. The minimum Gasteiger partial charge on any atom is -0.394 e. The second-order valence-electron chi connectivity index (χ2n) is 2.99. The Labute approximate surface area is 92.5 Å². The van der Waals surface area contributed by atoms with E-state index in [1.807, 2.05) is 0 Å². The molecule has 0 aliphatic carbocycles. The van der Waals surface area contributed by atoms with Crippen LogP contribution in [0, 0.1) is 0 Å². The van der Waals surface area contributed by atoms with Crippen LogP contribution in [0.1, 0.15) is 11.7 Å². The van der Waals surface area contributed by atoms with Crippen LogP contribution in [0.3, 0.4) is 0 Å². The first-order chi connectivity index (χ1) is 7.19. The highest BCUT2D eigenvalue weighted by Crippen LogP contribution is 2.20. The van der Waals surface area contributed by atoms with Crippen molar-refractivity contribution >= 4 is 23.1 Å². The van der Waals surface area contributed by atoms with Crippen molar-refractivity contribution in [3.8, 4) is 0 Å². The van der Waals surface area contributed by atoms with Crippen LogP contribution in [0.15, 0.2) is 29.3 Å². The Kier molecular flexibility index (Phi) is 4.55. The van der Waals surface area contributed by atoms with Gasteiger partial charge in [0.1, 0.15) is 12.2 Å². The fourth-order valence-electron chi connectivity index (χ4n) is 1.12. The van der Waals surface area contributed by atoms with E-state index in [2.05, 4.69) is 22.4 Å². The maximum atomic E-state index is 9.53. The number of isothiocyanates is 1. The van der Waals surface area contributed by atoms with Gasteiger partial charge in [0.2, 0.25) is 0 Å². The zero-order chi connectivity index (χ0) is 11.3. The summed E-state index contributed by atoms with van der Waals surface area (Å²) >= 11 is 4.44. The van der Waals surface area contributed by atoms with E-state index in [-0.39, 0.29) is 0 Å². The number of aliphatic imine (C=N–C) groups is 1. The Bertz CT molecular complexity index is 359. The second-order valence-corrected chi connectivity index (χ2v) is 3.17. The van der Waals surface area contributed by atoms with E-state index in [9.17, 15) is 10.2 Å². The number of hydrogen-bond donors (Lipinski definition) is 3. The Morgan fingerprint density at radius 2 is 1.87 bits per heavy atom. The molecule has 15 heavy (non-hydrogen) atoms. The molecule has 0 aromatic heterocycles. The smallest absolute Gasteiger partial charge is 0.107 e. The van der Waals surface area contributed by atoms with Crippen molar-refractivity contribution in [1.82, 2.24) is 0 Å². The number of rotatable bonds is 4. The summed E-state index contributed by atoms with van der Waals surface area (Å²) in [4.78, 5) is 3.74. The number of hydrogen-bond acceptors (Lipinski definition) is 5. The summed E-state index contributed by atoms with van der Waals surface area (Å²) in [6.45, 7) is -0.485. The predicted molar refractivity (Wildman–Crippen MR) is 59.2 cm³/mol. The van der Waals surface area contributed by atoms with E-state index in [0.717, 1.165) is 0 Å². The summed E-state index contributed by atoms with van der Waals surface area (Å²) in [6.07, 6.45) is -2.27. The number of thiocarbonyl (C=S) groups is 1. The van der Waals surface area contributed by atoms with Crippen LogP contribution in [0.25, 0.3) is 0 Å². The van der Waals surface area contributed by atoms with Crippen LogP contribution in [-0.4, -0.2) is 33.2 Å². The molecule has 4 nitrogen and oxygen atoms in total. The zero-order valence-electron chi connectivity index (χ0n) is 7.87. The summed E-state index contributed by atoms with van der Waals surface area (Å²) in [7, 11) is 0. The maximum absolute atomic E-state index is 9.53. The first kappa shape index (κ1) is 12.0. The Balaban J connectivity index is 2.83. The molecule has 2 unspecified atom stereocenters. The highest BCUT2D eigenvalue weighted by molar-refractivity contribution is 7.78. The van der Waals surface area contributed by atoms with E-state index in [4.69, 9.17) is 5.11 Å². The van der Waals surface area contributed by atoms with Gasteiger partial charge in [-0.15, -0.1) is 0 Å². The fourth-order valence-corrected chi connectivity index (χ4v) is 1.23. The minimum absolute atomic E-state index is 0.485. The molecule has 0 aliphatic heterocycles. The van der Waals surface area contributed by atoms with Crippen molar-refractivity contribution in [2.75, 3.05) is 6.61 Å². The van der Waals surface area contributed by atoms with Crippen molar-refractivity contribution in [1.29, 1.82) is 0 Å². The predicted octanol–water partition coefficient (Wildman–Crippen LogP) is 0.808. The van der Waals surface area contributed by atoms with Gasteiger partial charge in [-0.3, -0.25) is 0 Å². The lowest BCUT2D eigenvalue weighted by molar-refractivity contribution is -0.0152. The number of aliphatic hydroxyl groups is 3. The van der Waals surface area contributed by atoms with E-state index < -0.39 is 18.8 Å². The highest BCUT2D eigenvalue weighted by atomic mass is 32.1. The third kappa shape index (κ3) is 3.20. The lowest BCUT2D eigenvalue weighted by atomic mass is 10.0. The second kappa shape index (κ2) is 5.70. The van der Waals surface area contributed by atoms with E-state index in [1.54, 1.807) is 24.3 Å². The molecule has 0 saturated heterocycles. The van der Waals surface area contributed by atoms with Crippen LogP contribution < -0.4 is 0 Å². The summed E-state index contributed by atoms with van der Waals surface area (Å²) < 4.78 is 0. The van der Waals surface area contributed by atoms with Crippen LogP contribution in [0.5, 0.6) is 0 Å². The average molecular weight is 225 g/mol. The van der Waals surface area contributed by atoms with Crippen molar-refractivity contribution in [2.24, 2.45) is 4.99 Å². The molecule has 0 heterocycles. The SMILES string of the molecule is OCC(O)C(O)c1ccc(N=C=S)cc1. The summed E-state index contributed by atoms with van der Waals surface area (Å²) in [5.41, 5.74) is 1.14. The number of benzene rings is 1. The molecule has 3 N–H and O–H groups in total. The van der Waals surface area contributed by atoms with Crippen LogP contribution >= 0.6 is 12.2 Å². The van der Waals surface area contributed by atoms with E-state index >= 15 is 0 Å². The van der Waals surface area contributed by atoms with Gasteiger partial charge in [0.25, 0.3) is 0 Å². The fraction of sp³-hybridized carbons (Fsp3) is 0.300. The van der Waals surface area contributed by atoms with Crippen molar-refractivity contribution in [3.63, 3.8) is 0 Å². The van der Waals surface area contributed by atoms with Crippen molar-refractivity contribution in [2.45, 2.75) is 12.2 Å². The molecule has 5 heteroatoms. The van der Waals surface area contributed by atoms with Crippen LogP contribution in [-0.2, 0) is 0 Å². The Morgan fingerprint density at radius 3 is 2.33 bits per heavy atom. The molecule has 1 aromatic carbocycles. The number of nitrogens with zero attached hydrogens (tertiary/aromatic N) is 1. The first-order valence-corrected chi connectivity index (χ1v) is 4.74. The topological polar surface area (TPSA) is 73.0 Å². The van der Waals surface area contributed by atoms with Gasteiger partial charge < -0.3 is 15.3 Å². The molecule has 0 saturated carbocycles. The molecule has 0 bridgehead atoms. The lowest BCUT2D eigenvalue weighted by Gasteiger charge is -2.15. The van der Waals surface area contributed by atoms with Crippen molar-refractivity contribution in [3.05, 3.63) is 29.8 Å². The first-order valence-electron chi connectivity index (χ1n) is 4.34. The summed E-state index contributed by atoms with van der Waals surface area (Å²) in [5, 5.41) is 29.6. The molecule has 0 radical (unpaired) electrons. The van der Waals surface area contributed by atoms with E-state index in [0.29, 0.717) is 11.3 Å². The Morgan fingerprint density at radius 1 is 1.27 bits per heavy atom. The highest BCUT2D eigenvalue weighted by Gasteiger charge is 2.16. The third-order valence-corrected chi connectivity index (χ3v) is 2.05. The molecule has 2 atom stereocenters. The summed E-state index contributed by atoms with van der Waals surface area (Å²) in [5.74, 6) is 0. The maximum Gasteiger partial charge on any atom is 0.107 e. The lowest BCUT2D eigenvalue weighted by Crippen LogP contribution is -2.21. The van der Waals surface area contributed by atoms with Gasteiger partial charge >= 0.3 is 0 Å². The van der Waals surface area contributed by atoms with Gasteiger partial charge in [-0.2, -0.15) is 4.99 Å². The van der Waals surface area contributed by atoms with Crippen LogP contribution in [0.2, 0.25) is 0 Å². The van der Waals surface area contributed by atoms with Gasteiger partial charge in [0, 0.05) is 0 Å². The third-order valence-electron chi connectivity index (χ3n) is 1.96. The molecule has 1 aromatic rings. The average Bonchev–Trinajstić information content (AvgIpc) is 2.28. The van der Waals surface area contributed by atoms with Gasteiger partial charge in [-0.25, -0.2) is 0 Å². The molecule has 80 valence electrons. The molecule has 0 fully saturated rings. The zero-order valence-corrected chi connectivity index (χ0v) is 8.68. The molecular weight excluding hydrogens is 214 g/mol.